The molecule has 1 heterocycles. The Morgan fingerprint density at radius 3 is 2.89 bits per heavy atom. The summed E-state index contributed by atoms with van der Waals surface area (Å²) in [5.74, 6) is 0.249. The van der Waals surface area contributed by atoms with E-state index >= 15 is 0 Å². The summed E-state index contributed by atoms with van der Waals surface area (Å²) in [5.41, 5.74) is 0.940. The van der Waals surface area contributed by atoms with E-state index in [2.05, 4.69) is 9.97 Å². The summed E-state index contributed by atoms with van der Waals surface area (Å²) >= 11 is 0. The number of benzene rings is 1. The number of carbonyl (C=O) groups excluding carboxylic acids is 1. The van der Waals surface area contributed by atoms with Crippen molar-refractivity contribution in [3.8, 4) is 0 Å². The molecule has 4 nitrogen and oxygen atoms in total. The molecule has 2 rings (SSSR count). The number of halogens is 1. The lowest BCUT2D eigenvalue weighted by molar-refractivity contribution is 0.0781. The van der Waals surface area contributed by atoms with Crippen LogP contribution in [0.5, 0.6) is 0 Å². The molecule has 1 amide bonds. The molecule has 0 unspecified atom stereocenters. The largest absolute Gasteiger partial charge is 0.347 e. The van der Waals surface area contributed by atoms with Crippen LogP contribution in [0.4, 0.5) is 4.39 Å². The van der Waals surface area contributed by atoms with E-state index in [1.807, 2.05) is 0 Å². The number of hydrogen-bond donors (Lipinski definition) is 1. The minimum Gasteiger partial charge on any atom is -0.347 e. The average molecular weight is 247 g/mol. The van der Waals surface area contributed by atoms with E-state index in [-0.39, 0.29) is 11.7 Å². The van der Waals surface area contributed by atoms with Gasteiger partial charge in [0.2, 0.25) is 0 Å². The molecule has 1 aromatic carbocycles. The van der Waals surface area contributed by atoms with Gasteiger partial charge >= 0.3 is 0 Å². The highest BCUT2D eigenvalue weighted by Crippen LogP contribution is 2.11. The van der Waals surface area contributed by atoms with Gasteiger partial charge in [-0.1, -0.05) is 0 Å². The van der Waals surface area contributed by atoms with E-state index in [4.69, 9.17) is 0 Å². The quantitative estimate of drug-likeness (QED) is 0.903. The van der Waals surface area contributed by atoms with Gasteiger partial charge in [-0.25, -0.2) is 9.37 Å². The molecule has 18 heavy (non-hydrogen) atoms. The average Bonchev–Trinajstić information content (AvgIpc) is 2.84. The molecule has 0 aliphatic heterocycles. The van der Waals surface area contributed by atoms with E-state index in [9.17, 15) is 9.18 Å². The molecule has 0 spiro atoms. The van der Waals surface area contributed by atoms with Crippen LogP contribution in [-0.2, 0) is 6.54 Å². The lowest BCUT2D eigenvalue weighted by Crippen LogP contribution is -2.26. The van der Waals surface area contributed by atoms with Crippen LogP contribution in [0, 0.1) is 12.7 Å². The molecule has 0 saturated carbocycles. The van der Waals surface area contributed by atoms with Crippen LogP contribution in [0.2, 0.25) is 0 Å². The highest BCUT2D eigenvalue weighted by atomic mass is 19.1. The Labute approximate surface area is 104 Å². The molecule has 0 bridgehead atoms. The zero-order valence-corrected chi connectivity index (χ0v) is 10.3. The predicted octanol–water partition coefficient (Wildman–Crippen LogP) is 2.13. The van der Waals surface area contributed by atoms with Crippen LogP contribution in [0.1, 0.15) is 21.7 Å². The molecule has 0 aliphatic rings. The van der Waals surface area contributed by atoms with Gasteiger partial charge in [-0.15, -0.1) is 0 Å². The van der Waals surface area contributed by atoms with E-state index in [1.54, 1.807) is 32.4 Å². The zero-order chi connectivity index (χ0) is 13.1. The van der Waals surface area contributed by atoms with E-state index < -0.39 is 0 Å². The maximum absolute atomic E-state index is 13.1. The number of carbonyl (C=O) groups is 1. The number of aryl methyl sites for hydroxylation is 1. The molecule has 1 aromatic heterocycles. The zero-order valence-electron chi connectivity index (χ0n) is 10.3. The molecule has 0 atom stereocenters. The van der Waals surface area contributed by atoms with Gasteiger partial charge in [0.1, 0.15) is 11.6 Å². The van der Waals surface area contributed by atoms with Crippen molar-refractivity contribution in [2.24, 2.45) is 0 Å². The van der Waals surface area contributed by atoms with Gasteiger partial charge in [0.15, 0.2) is 0 Å². The molecule has 0 saturated heterocycles. The second-order valence-electron chi connectivity index (χ2n) is 4.16. The number of hydrogen-bond acceptors (Lipinski definition) is 2. The van der Waals surface area contributed by atoms with Crippen molar-refractivity contribution in [2.45, 2.75) is 13.5 Å². The minimum atomic E-state index is -0.305. The van der Waals surface area contributed by atoms with Crippen LogP contribution < -0.4 is 0 Å². The fourth-order valence-electron chi connectivity index (χ4n) is 1.68. The lowest BCUT2D eigenvalue weighted by Gasteiger charge is -2.16. The monoisotopic (exact) mass is 247 g/mol. The number of nitrogens with one attached hydrogen (secondary N) is 1. The van der Waals surface area contributed by atoms with E-state index in [1.165, 1.54) is 17.0 Å². The Bertz CT molecular complexity index is 551. The number of aromatic amines is 1. The molecular formula is C13H14FN3O. The highest BCUT2D eigenvalue weighted by Gasteiger charge is 2.13. The van der Waals surface area contributed by atoms with Crippen molar-refractivity contribution < 1.29 is 9.18 Å². The fourth-order valence-corrected chi connectivity index (χ4v) is 1.68. The first kappa shape index (κ1) is 12.3. The normalized spacial score (nSPS) is 10.4. The van der Waals surface area contributed by atoms with Crippen molar-refractivity contribution in [1.82, 2.24) is 14.9 Å². The van der Waals surface area contributed by atoms with E-state index in [0.717, 1.165) is 0 Å². The summed E-state index contributed by atoms with van der Waals surface area (Å²) in [7, 11) is 1.68. The Balaban J connectivity index is 2.12. The Hall–Kier alpha value is -2.17. The van der Waals surface area contributed by atoms with Crippen LogP contribution in [0.3, 0.4) is 0 Å². The van der Waals surface area contributed by atoms with Crippen LogP contribution in [0.15, 0.2) is 30.6 Å². The SMILES string of the molecule is Cc1cc(C(=O)N(C)Cc2ncc[nH]2)ccc1F. The Kier molecular flexibility index (Phi) is 3.41. The van der Waals surface area contributed by atoms with Crippen LogP contribution in [-0.4, -0.2) is 27.8 Å². The number of imidazole rings is 1. The van der Waals surface area contributed by atoms with E-state index in [0.29, 0.717) is 23.5 Å². The maximum atomic E-state index is 13.1. The summed E-state index contributed by atoms with van der Waals surface area (Å²) in [5, 5.41) is 0. The molecule has 0 fully saturated rings. The van der Waals surface area contributed by atoms with Gasteiger partial charge in [0.05, 0.1) is 6.54 Å². The highest BCUT2D eigenvalue weighted by molar-refractivity contribution is 5.94. The van der Waals surface area contributed by atoms with Crippen LogP contribution in [0.25, 0.3) is 0 Å². The standard InChI is InChI=1S/C13H14FN3O/c1-9-7-10(3-4-11(9)14)13(18)17(2)8-12-15-5-6-16-12/h3-7H,8H2,1-2H3,(H,15,16). The lowest BCUT2D eigenvalue weighted by atomic mass is 10.1. The van der Waals surface area contributed by atoms with Crippen molar-refractivity contribution in [1.29, 1.82) is 0 Å². The number of rotatable bonds is 3. The second-order valence-corrected chi connectivity index (χ2v) is 4.16. The molecule has 94 valence electrons. The van der Waals surface area contributed by atoms with Crippen LogP contribution >= 0.6 is 0 Å². The third-order valence-corrected chi connectivity index (χ3v) is 2.69. The van der Waals surface area contributed by atoms with Gasteiger partial charge < -0.3 is 9.88 Å². The second kappa shape index (κ2) is 5.00. The third-order valence-electron chi connectivity index (χ3n) is 2.69. The predicted molar refractivity (Wildman–Crippen MR) is 65.5 cm³/mol. The van der Waals surface area contributed by atoms with Gasteiger partial charge in [-0.05, 0) is 30.7 Å². The fraction of sp³-hybridized carbons (Fsp3) is 0.231. The van der Waals surface area contributed by atoms with Crippen molar-refractivity contribution in [3.63, 3.8) is 0 Å². The molecule has 2 aromatic rings. The van der Waals surface area contributed by atoms with Gasteiger partial charge in [-0.3, -0.25) is 4.79 Å². The first-order chi connectivity index (χ1) is 8.58. The number of H-pyrrole nitrogens is 1. The van der Waals surface area contributed by atoms with Crippen molar-refractivity contribution in [2.75, 3.05) is 7.05 Å². The number of aromatic nitrogens is 2. The van der Waals surface area contributed by atoms with Gasteiger partial charge in [0.25, 0.3) is 5.91 Å². The summed E-state index contributed by atoms with van der Waals surface area (Å²) in [6.07, 6.45) is 3.34. The first-order valence-corrected chi connectivity index (χ1v) is 5.58. The maximum Gasteiger partial charge on any atom is 0.254 e. The topological polar surface area (TPSA) is 49.0 Å². The number of amides is 1. The summed E-state index contributed by atoms with van der Waals surface area (Å²) in [6.45, 7) is 2.03. The summed E-state index contributed by atoms with van der Waals surface area (Å²) in [4.78, 5) is 20.6. The molecular weight excluding hydrogens is 233 g/mol. The molecule has 1 N–H and O–H groups in total. The van der Waals surface area contributed by atoms with Crippen molar-refractivity contribution >= 4 is 5.91 Å². The summed E-state index contributed by atoms with van der Waals surface area (Å²) < 4.78 is 13.1. The minimum absolute atomic E-state index is 0.158. The third kappa shape index (κ3) is 2.56. The Morgan fingerprint density at radius 1 is 1.50 bits per heavy atom. The van der Waals surface area contributed by atoms with Crippen molar-refractivity contribution in [3.05, 3.63) is 53.4 Å². The molecule has 5 heteroatoms. The molecule has 0 aliphatic carbocycles. The molecule has 0 radical (unpaired) electrons. The Morgan fingerprint density at radius 2 is 2.28 bits per heavy atom. The van der Waals surface area contributed by atoms with Gasteiger partial charge in [0, 0.05) is 25.0 Å². The summed E-state index contributed by atoms with van der Waals surface area (Å²) in [6, 6.07) is 4.35. The smallest absolute Gasteiger partial charge is 0.254 e. The van der Waals surface area contributed by atoms with Gasteiger partial charge in [-0.2, -0.15) is 0 Å². The number of nitrogens with zero attached hydrogens (tertiary/aromatic N) is 2. The first-order valence-electron chi connectivity index (χ1n) is 5.58.